The number of hydrogen-bond acceptors (Lipinski definition) is 6. The molecule has 0 unspecified atom stereocenters. The molecule has 0 saturated carbocycles. The van der Waals surface area contributed by atoms with E-state index in [4.69, 9.17) is 34.5 Å². The number of nitrogen functional groups attached to an aromatic ring is 2. The molecule has 21 heavy (non-hydrogen) atoms. The Morgan fingerprint density at radius 3 is 2.57 bits per heavy atom. The zero-order chi connectivity index (χ0) is 16.0. The molecule has 0 radical (unpaired) electrons. The van der Waals surface area contributed by atoms with Gasteiger partial charge in [0.05, 0.1) is 6.04 Å². The fraction of sp³-hybridized carbons (Fsp3) is 0.455. The summed E-state index contributed by atoms with van der Waals surface area (Å²) in [6, 6.07) is -0.220. The summed E-state index contributed by atoms with van der Waals surface area (Å²) in [7, 11) is 0. The van der Waals surface area contributed by atoms with Gasteiger partial charge in [-0.2, -0.15) is 0 Å². The Morgan fingerprint density at radius 2 is 2.00 bits per heavy atom. The van der Waals surface area contributed by atoms with Gasteiger partial charge in [-0.15, -0.1) is 0 Å². The van der Waals surface area contributed by atoms with Crippen LogP contribution in [0.3, 0.4) is 0 Å². The predicted octanol–water partition coefficient (Wildman–Crippen LogP) is -0.534. The first-order valence-corrected chi connectivity index (χ1v) is 6.68. The molecule has 0 spiro atoms. The van der Waals surface area contributed by atoms with Gasteiger partial charge in [0, 0.05) is 6.54 Å². The number of nitrogens with zero attached hydrogens (tertiary/aromatic N) is 3. The molecule has 9 nitrogen and oxygen atoms in total. The van der Waals surface area contributed by atoms with E-state index in [0.29, 0.717) is 0 Å². The molecule has 0 bridgehead atoms. The maximum atomic E-state index is 12.0. The van der Waals surface area contributed by atoms with Gasteiger partial charge >= 0.3 is 0 Å². The Morgan fingerprint density at radius 1 is 1.33 bits per heavy atom. The lowest BCUT2D eigenvalue weighted by Crippen LogP contribution is -2.35. The number of rotatable bonds is 6. The number of aromatic nitrogens is 2. The van der Waals surface area contributed by atoms with E-state index in [1.54, 1.807) is 0 Å². The third-order valence-corrected chi connectivity index (χ3v) is 2.85. The topological polar surface area (TPSA) is 171 Å². The van der Waals surface area contributed by atoms with Gasteiger partial charge in [0.2, 0.25) is 0 Å². The highest BCUT2D eigenvalue weighted by Crippen LogP contribution is 2.17. The molecule has 9 N–H and O–H groups in total. The van der Waals surface area contributed by atoms with Crippen LogP contribution in [-0.2, 0) is 0 Å². The number of halogens is 1. The monoisotopic (exact) mass is 314 g/mol. The van der Waals surface area contributed by atoms with Crippen molar-refractivity contribution < 1.29 is 4.79 Å². The third kappa shape index (κ3) is 4.95. The van der Waals surface area contributed by atoms with E-state index in [1.807, 2.05) is 6.92 Å². The van der Waals surface area contributed by atoms with Crippen LogP contribution in [0, 0.1) is 0 Å². The van der Waals surface area contributed by atoms with Crippen molar-refractivity contribution in [2.24, 2.45) is 16.5 Å². The van der Waals surface area contributed by atoms with E-state index in [-0.39, 0.29) is 41.0 Å². The molecule has 0 aliphatic rings. The van der Waals surface area contributed by atoms with Crippen LogP contribution < -0.4 is 28.3 Å². The largest absolute Gasteiger partial charge is 0.382 e. The summed E-state index contributed by atoms with van der Waals surface area (Å²) in [5.41, 5.74) is 21.6. The summed E-state index contributed by atoms with van der Waals surface area (Å²) in [6.07, 6.45) is 1.59. The van der Waals surface area contributed by atoms with Crippen LogP contribution in [-0.4, -0.2) is 34.4 Å². The normalized spacial score (nSPS) is 11.7. The van der Waals surface area contributed by atoms with Gasteiger partial charge < -0.3 is 28.3 Å². The number of aliphatic imine (C=N–C) groups is 1. The summed E-state index contributed by atoms with van der Waals surface area (Å²) in [5, 5.41) is 2.56. The van der Waals surface area contributed by atoms with E-state index >= 15 is 0 Å². The molecule has 1 rings (SSSR count). The number of nitrogens with one attached hydrogen (secondary N) is 1. The second-order valence-electron chi connectivity index (χ2n) is 4.34. The van der Waals surface area contributed by atoms with Crippen LogP contribution >= 0.6 is 11.6 Å². The molecule has 116 valence electrons. The number of carbonyl (C=O) groups is 1. The minimum Gasteiger partial charge on any atom is -0.382 e. The number of nitrogens with two attached hydrogens (primary N) is 4. The van der Waals surface area contributed by atoms with Crippen molar-refractivity contribution in [2.75, 3.05) is 18.0 Å². The molecule has 10 heteroatoms. The first kappa shape index (κ1) is 16.8. The van der Waals surface area contributed by atoms with Crippen molar-refractivity contribution in [3.8, 4) is 0 Å². The molecule has 1 amide bonds. The van der Waals surface area contributed by atoms with Crippen LogP contribution in [0.1, 0.15) is 30.3 Å². The Hall–Kier alpha value is -2.29. The van der Waals surface area contributed by atoms with Gasteiger partial charge in [0.25, 0.3) is 5.91 Å². The van der Waals surface area contributed by atoms with Crippen LogP contribution in [0.5, 0.6) is 0 Å². The van der Waals surface area contributed by atoms with Gasteiger partial charge in [-0.3, -0.25) is 4.79 Å². The SMILES string of the molecule is CCC[C@H](CNC(=O)c1nc(Cl)c(N)nc1N)N=C(N)N. The molecule has 1 heterocycles. The van der Waals surface area contributed by atoms with Crippen molar-refractivity contribution in [2.45, 2.75) is 25.8 Å². The molecule has 1 aromatic heterocycles. The van der Waals surface area contributed by atoms with Crippen molar-refractivity contribution in [3.63, 3.8) is 0 Å². The fourth-order valence-electron chi connectivity index (χ4n) is 1.66. The summed E-state index contributed by atoms with van der Waals surface area (Å²) in [6.45, 7) is 2.23. The molecule has 0 aromatic carbocycles. The number of hydrogen-bond donors (Lipinski definition) is 5. The lowest BCUT2D eigenvalue weighted by atomic mass is 10.2. The zero-order valence-corrected chi connectivity index (χ0v) is 12.4. The second-order valence-corrected chi connectivity index (χ2v) is 4.70. The van der Waals surface area contributed by atoms with Crippen LogP contribution in [0.4, 0.5) is 11.6 Å². The van der Waals surface area contributed by atoms with Gasteiger partial charge in [-0.25, -0.2) is 15.0 Å². The van der Waals surface area contributed by atoms with Crippen molar-refractivity contribution >= 4 is 35.1 Å². The minimum atomic E-state index is -0.520. The number of amides is 1. The van der Waals surface area contributed by atoms with E-state index in [9.17, 15) is 4.79 Å². The van der Waals surface area contributed by atoms with Gasteiger partial charge in [-0.05, 0) is 6.42 Å². The third-order valence-electron chi connectivity index (χ3n) is 2.57. The Labute approximate surface area is 127 Å². The van der Waals surface area contributed by atoms with Crippen molar-refractivity contribution in [1.29, 1.82) is 0 Å². The number of guanidine groups is 1. The lowest BCUT2D eigenvalue weighted by molar-refractivity contribution is 0.0946. The summed E-state index contributed by atoms with van der Waals surface area (Å²) < 4.78 is 0. The van der Waals surface area contributed by atoms with E-state index in [0.717, 1.165) is 12.8 Å². The minimum absolute atomic E-state index is 0.0301. The van der Waals surface area contributed by atoms with Gasteiger partial charge in [0.1, 0.15) is 0 Å². The molecular formula is C11H19ClN8O. The van der Waals surface area contributed by atoms with Gasteiger partial charge in [-0.1, -0.05) is 24.9 Å². The smallest absolute Gasteiger partial charge is 0.273 e. The maximum absolute atomic E-state index is 12.0. The van der Waals surface area contributed by atoms with Crippen LogP contribution in [0.15, 0.2) is 4.99 Å². The summed E-state index contributed by atoms with van der Waals surface area (Å²) in [5.74, 6) is -0.676. The first-order chi connectivity index (χ1) is 9.85. The zero-order valence-electron chi connectivity index (χ0n) is 11.6. The predicted molar refractivity (Wildman–Crippen MR) is 82.7 cm³/mol. The van der Waals surface area contributed by atoms with Crippen molar-refractivity contribution in [3.05, 3.63) is 10.8 Å². The molecule has 1 aromatic rings. The summed E-state index contributed by atoms with van der Waals surface area (Å²) >= 11 is 5.72. The Kier molecular flexibility index (Phi) is 5.97. The Balaban J connectivity index is 2.77. The molecule has 0 aliphatic heterocycles. The van der Waals surface area contributed by atoms with Crippen LogP contribution in [0.25, 0.3) is 0 Å². The average Bonchev–Trinajstić information content (AvgIpc) is 2.39. The number of carbonyl (C=O) groups excluding carboxylic acids is 1. The number of anilines is 2. The first-order valence-electron chi connectivity index (χ1n) is 6.30. The molecule has 0 saturated heterocycles. The Bertz CT molecular complexity index is 543. The average molecular weight is 315 g/mol. The second kappa shape index (κ2) is 7.48. The van der Waals surface area contributed by atoms with E-state index in [2.05, 4.69) is 20.3 Å². The van der Waals surface area contributed by atoms with Crippen molar-refractivity contribution in [1.82, 2.24) is 15.3 Å². The standard InChI is InChI=1S/C11H19ClN8O/c1-2-3-5(18-11(15)16)4-17-10(21)6-8(13)20-9(14)7(12)19-6/h5H,2-4H2,1H3,(H,17,21)(H4,13,14,20)(H4,15,16,18)/t5-/m1/s1. The van der Waals surface area contributed by atoms with E-state index < -0.39 is 5.91 Å². The van der Waals surface area contributed by atoms with Crippen LogP contribution in [0.2, 0.25) is 5.15 Å². The van der Waals surface area contributed by atoms with Gasteiger partial charge in [0.15, 0.2) is 28.4 Å². The maximum Gasteiger partial charge on any atom is 0.273 e. The molecule has 0 aliphatic carbocycles. The molecular weight excluding hydrogens is 296 g/mol. The highest BCUT2D eigenvalue weighted by atomic mass is 35.5. The molecule has 1 atom stereocenters. The summed E-state index contributed by atoms with van der Waals surface area (Å²) in [4.78, 5) is 23.6. The van der Waals surface area contributed by atoms with E-state index in [1.165, 1.54) is 0 Å². The highest BCUT2D eigenvalue weighted by Gasteiger charge is 2.17. The quantitative estimate of drug-likeness (QED) is 0.346. The lowest BCUT2D eigenvalue weighted by Gasteiger charge is -2.13. The fourth-order valence-corrected chi connectivity index (χ4v) is 1.79. The molecule has 0 fully saturated rings. The highest BCUT2D eigenvalue weighted by molar-refractivity contribution is 6.31.